The molecule has 5 nitrogen and oxygen atoms in total. The topological polar surface area (TPSA) is 55.8 Å². The zero-order valence-corrected chi connectivity index (χ0v) is 15.1. The average molecular weight is 371 g/mol. The van der Waals surface area contributed by atoms with Gasteiger partial charge in [0.25, 0.3) is 6.47 Å². The molecule has 0 N–H and O–H groups in total. The molecule has 2 aromatic rings. The van der Waals surface area contributed by atoms with E-state index in [0.29, 0.717) is 13.0 Å². The van der Waals surface area contributed by atoms with Crippen molar-refractivity contribution >= 4 is 12.4 Å². The molecule has 1 aliphatic rings. The summed E-state index contributed by atoms with van der Waals surface area (Å²) >= 11 is 0. The highest BCUT2D eigenvalue weighted by Gasteiger charge is 2.29. The molecule has 0 amide bonds. The van der Waals surface area contributed by atoms with Gasteiger partial charge in [-0.1, -0.05) is 36.4 Å². The van der Waals surface area contributed by atoms with Crippen molar-refractivity contribution in [1.29, 1.82) is 0 Å². The molecular formula is C21H22FNO4. The van der Waals surface area contributed by atoms with Gasteiger partial charge in [0, 0.05) is 18.7 Å². The van der Waals surface area contributed by atoms with Gasteiger partial charge in [0.1, 0.15) is 5.82 Å². The molecule has 1 fully saturated rings. The molecule has 2 aromatic carbocycles. The Bertz CT molecular complexity index is 796. The third-order valence-electron chi connectivity index (χ3n) is 4.92. The fourth-order valence-corrected chi connectivity index (χ4v) is 3.60. The van der Waals surface area contributed by atoms with Crippen molar-refractivity contribution in [2.45, 2.75) is 25.0 Å². The molecule has 0 aromatic heterocycles. The van der Waals surface area contributed by atoms with E-state index >= 15 is 0 Å². The van der Waals surface area contributed by atoms with Crippen molar-refractivity contribution in [3.63, 3.8) is 0 Å². The number of rotatable bonds is 6. The summed E-state index contributed by atoms with van der Waals surface area (Å²) in [5.74, 6) is -1.19. The minimum absolute atomic E-state index is 0.0691. The van der Waals surface area contributed by atoms with Gasteiger partial charge >= 0.3 is 5.97 Å². The smallest absolute Gasteiger partial charge is 0.340 e. The molecule has 0 bridgehead atoms. The number of benzene rings is 2. The molecule has 2 atom stereocenters. The minimum atomic E-state index is -0.687. The van der Waals surface area contributed by atoms with Crippen LogP contribution < -0.4 is 0 Å². The Hall–Kier alpha value is -2.73. The van der Waals surface area contributed by atoms with Gasteiger partial charge in [-0.05, 0) is 36.5 Å². The molecule has 1 heterocycles. The van der Waals surface area contributed by atoms with Gasteiger partial charge in [-0.25, -0.2) is 9.18 Å². The molecule has 6 heteroatoms. The maximum absolute atomic E-state index is 14.3. The maximum Gasteiger partial charge on any atom is 0.340 e. The van der Waals surface area contributed by atoms with Crippen LogP contribution >= 0.6 is 0 Å². The summed E-state index contributed by atoms with van der Waals surface area (Å²) in [6.07, 6.45) is 1.33. The summed E-state index contributed by atoms with van der Waals surface area (Å²) in [5.41, 5.74) is 1.65. The quantitative estimate of drug-likeness (QED) is 0.573. The Morgan fingerprint density at radius 3 is 2.70 bits per heavy atom. The number of piperidine rings is 1. The Kier molecular flexibility index (Phi) is 6.19. The van der Waals surface area contributed by atoms with Crippen LogP contribution in [0.5, 0.6) is 0 Å². The molecule has 0 spiro atoms. The third-order valence-corrected chi connectivity index (χ3v) is 4.92. The Labute approximate surface area is 157 Å². The van der Waals surface area contributed by atoms with Crippen molar-refractivity contribution < 1.29 is 23.5 Å². The summed E-state index contributed by atoms with van der Waals surface area (Å²) < 4.78 is 24.2. The van der Waals surface area contributed by atoms with Crippen LogP contribution in [0.3, 0.4) is 0 Å². The molecule has 3 rings (SSSR count). The predicted octanol–water partition coefficient (Wildman–Crippen LogP) is 3.66. The Morgan fingerprint density at radius 1 is 1.26 bits per heavy atom. The number of methoxy groups -OCH3 is 1. The second-order valence-corrected chi connectivity index (χ2v) is 6.56. The lowest BCUT2D eigenvalue weighted by Crippen LogP contribution is -2.38. The second-order valence-electron chi connectivity index (χ2n) is 6.56. The van der Waals surface area contributed by atoms with Crippen LogP contribution in [0.15, 0.2) is 48.5 Å². The van der Waals surface area contributed by atoms with E-state index < -0.39 is 18.0 Å². The molecular weight excluding hydrogens is 349 g/mol. The van der Waals surface area contributed by atoms with Gasteiger partial charge in [0.15, 0.2) is 6.23 Å². The summed E-state index contributed by atoms with van der Waals surface area (Å²) in [4.78, 5) is 24.7. The standard InChI is InChI=1S/C21H22FNO4/c1-26-21(25)18-10-9-16(12-19(18)22)17-8-5-11-23(13-17)20(27-14-24)15-6-3-2-4-7-15/h2-4,6-7,9-10,12,14,17,20H,5,8,11,13H2,1H3. The summed E-state index contributed by atoms with van der Waals surface area (Å²) in [7, 11) is 1.23. The molecule has 0 saturated carbocycles. The van der Waals surface area contributed by atoms with Crippen LogP contribution in [0.1, 0.15) is 46.5 Å². The highest BCUT2D eigenvalue weighted by molar-refractivity contribution is 5.89. The first-order chi connectivity index (χ1) is 13.1. The van der Waals surface area contributed by atoms with E-state index in [9.17, 15) is 14.0 Å². The lowest BCUT2D eigenvalue weighted by molar-refractivity contribution is -0.145. The lowest BCUT2D eigenvalue weighted by atomic mass is 9.89. The zero-order valence-electron chi connectivity index (χ0n) is 15.1. The number of halogens is 1. The number of esters is 1. The number of ether oxygens (including phenoxy) is 2. The Balaban J connectivity index is 1.80. The van der Waals surface area contributed by atoms with Crippen LogP contribution in [-0.4, -0.2) is 37.5 Å². The fourth-order valence-electron chi connectivity index (χ4n) is 3.60. The van der Waals surface area contributed by atoms with Gasteiger partial charge in [0.05, 0.1) is 12.7 Å². The first-order valence-electron chi connectivity index (χ1n) is 8.90. The molecule has 0 radical (unpaired) electrons. The summed E-state index contributed by atoms with van der Waals surface area (Å²) in [5, 5.41) is 0. The van der Waals surface area contributed by atoms with Crippen LogP contribution in [0.2, 0.25) is 0 Å². The normalized spacial score (nSPS) is 18.5. The van der Waals surface area contributed by atoms with Crippen molar-refractivity contribution in [2.75, 3.05) is 20.2 Å². The van der Waals surface area contributed by atoms with Crippen LogP contribution in [-0.2, 0) is 14.3 Å². The predicted molar refractivity (Wildman–Crippen MR) is 97.6 cm³/mol. The highest BCUT2D eigenvalue weighted by atomic mass is 19.1. The van der Waals surface area contributed by atoms with E-state index in [-0.39, 0.29) is 11.5 Å². The number of carbonyl (C=O) groups is 2. The molecule has 27 heavy (non-hydrogen) atoms. The summed E-state index contributed by atoms with van der Waals surface area (Å²) in [6.45, 7) is 1.88. The number of nitrogens with zero attached hydrogens (tertiary/aromatic N) is 1. The van der Waals surface area contributed by atoms with Gasteiger partial charge in [0.2, 0.25) is 0 Å². The third kappa shape index (κ3) is 4.34. The van der Waals surface area contributed by atoms with Crippen molar-refractivity contribution in [3.05, 3.63) is 71.0 Å². The van der Waals surface area contributed by atoms with Gasteiger partial charge in [-0.15, -0.1) is 0 Å². The largest absolute Gasteiger partial charge is 0.465 e. The molecule has 1 aliphatic heterocycles. The Morgan fingerprint density at radius 2 is 2.04 bits per heavy atom. The van der Waals surface area contributed by atoms with Gasteiger partial charge in [-0.2, -0.15) is 0 Å². The maximum atomic E-state index is 14.3. The molecule has 1 saturated heterocycles. The van der Waals surface area contributed by atoms with Crippen LogP contribution in [0.4, 0.5) is 4.39 Å². The van der Waals surface area contributed by atoms with Crippen molar-refractivity contribution in [1.82, 2.24) is 4.90 Å². The van der Waals surface area contributed by atoms with E-state index in [2.05, 4.69) is 9.64 Å². The van der Waals surface area contributed by atoms with E-state index in [0.717, 1.165) is 30.5 Å². The SMILES string of the molecule is COC(=O)c1ccc(C2CCCN(C(OC=O)c3ccccc3)C2)cc1F. The van der Waals surface area contributed by atoms with Crippen molar-refractivity contribution in [2.24, 2.45) is 0 Å². The zero-order chi connectivity index (χ0) is 19.2. The number of hydrogen-bond acceptors (Lipinski definition) is 5. The van der Waals surface area contributed by atoms with Crippen LogP contribution in [0, 0.1) is 5.82 Å². The first-order valence-corrected chi connectivity index (χ1v) is 8.90. The average Bonchev–Trinajstić information content (AvgIpc) is 2.72. The van der Waals surface area contributed by atoms with E-state index in [1.807, 2.05) is 30.3 Å². The molecule has 2 unspecified atom stereocenters. The number of hydrogen-bond donors (Lipinski definition) is 0. The van der Waals surface area contributed by atoms with E-state index in [1.54, 1.807) is 6.07 Å². The summed E-state index contributed by atoms with van der Waals surface area (Å²) in [6, 6.07) is 14.2. The molecule has 0 aliphatic carbocycles. The molecule has 142 valence electrons. The van der Waals surface area contributed by atoms with Gasteiger partial charge in [-0.3, -0.25) is 9.69 Å². The van der Waals surface area contributed by atoms with Gasteiger partial charge < -0.3 is 9.47 Å². The van der Waals surface area contributed by atoms with E-state index in [1.165, 1.54) is 19.2 Å². The first kappa shape index (κ1) is 19.0. The number of likely N-dealkylation sites (tertiary alicyclic amines) is 1. The second kappa shape index (κ2) is 8.77. The fraction of sp³-hybridized carbons (Fsp3) is 0.333. The lowest BCUT2D eigenvalue weighted by Gasteiger charge is -2.37. The minimum Gasteiger partial charge on any atom is -0.465 e. The van der Waals surface area contributed by atoms with E-state index in [4.69, 9.17) is 4.74 Å². The number of carbonyl (C=O) groups excluding carboxylic acids is 2. The van der Waals surface area contributed by atoms with Crippen LogP contribution in [0.25, 0.3) is 0 Å². The highest BCUT2D eigenvalue weighted by Crippen LogP contribution is 2.33. The van der Waals surface area contributed by atoms with Crippen molar-refractivity contribution in [3.8, 4) is 0 Å². The monoisotopic (exact) mass is 371 g/mol.